The van der Waals surface area contributed by atoms with Crippen LogP contribution < -0.4 is 5.32 Å². The van der Waals surface area contributed by atoms with E-state index in [0.29, 0.717) is 17.0 Å². The van der Waals surface area contributed by atoms with E-state index in [0.717, 1.165) is 31.5 Å². The summed E-state index contributed by atoms with van der Waals surface area (Å²) >= 11 is 0. The fraction of sp³-hybridized carbons (Fsp3) is 0.538. The van der Waals surface area contributed by atoms with Crippen LogP contribution in [0.1, 0.15) is 23.1 Å². The summed E-state index contributed by atoms with van der Waals surface area (Å²) in [6.07, 6.45) is 1.87. The molecule has 2 N–H and O–H groups in total. The molecule has 1 fully saturated rings. The van der Waals surface area contributed by atoms with Crippen molar-refractivity contribution < 1.29 is 9.50 Å². The maximum Gasteiger partial charge on any atom is 0.126 e. The summed E-state index contributed by atoms with van der Waals surface area (Å²) in [5, 5.41) is 13.3. The second-order valence-corrected chi connectivity index (χ2v) is 4.69. The fourth-order valence-corrected chi connectivity index (χ4v) is 2.35. The van der Waals surface area contributed by atoms with Crippen LogP contribution in [-0.4, -0.2) is 18.2 Å². The van der Waals surface area contributed by atoms with Gasteiger partial charge in [0.2, 0.25) is 0 Å². The van der Waals surface area contributed by atoms with Crippen molar-refractivity contribution in [1.29, 1.82) is 0 Å². The van der Waals surface area contributed by atoms with Crippen LogP contribution in [0.25, 0.3) is 0 Å². The second kappa shape index (κ2) is 4.42. The van der Waals surface area contributed by atoms with Gasteiger partial charge in [-0.2, -0.15) is 0 Å². The summed E-state index contributed by atoms with van der Waals surface area (Å²) in [5.41, 5.74) is 2.00. The van der Waals surface area contributed by atoms with Gasteiger partial charge in [-0.1, -0.05) is 0 Å². The zero-order valence-corrected chi connectivity index (χ0v) is 9.81. The van der Waals surface area contributed by atoms with Crippen LogP contribution in [0.3, 0.4) is 0 Å². The lowest BCUT2D eigenvalue weighted by Crippen LogP contribution is -2.12. The Morgan fingerprint density at radius 2 is 2.25 bits per heavy atom. The first-order chi connectivity index (χ1) is 7.59. The van der Waals surface area contributed by atoms with Gasteiger partial charge in [0.05, 0.1) is 0 Å². The normalized spacial score (nSPS) is 20.3. The Morgan fingerprint density at radius 1 is 1.50 bits per heavy atom. The molecule has 0 spiro atoms. The number of aromatic hydroxyl groups is 1. The number of hydrogen-bond acceptors (Lipinski definition) is 2. The molecule has 1 aromatic carbocycles. The molecule has 0 aliphatic carbocycles. The molecule has 0 radical (unpaired) electrons. The van der Waals surface area contributed by atoms with Gasteiger partial charge in [0.1, 0.15) is 11.6 Å². The highest BCUT2D eigenvalue weighted by Gasteiger charge is 2.20. The number of phenols is 1. The van der Waals surface area contributed by atoms with Gasteiger partial charge in [-0.15, -0.1) is 0 Å². The Hall–Kier alpha value is -1.09. The fourth-order valence-electron chi connectivity index (χ4n) is 2.35. The first kappa shape index (κ1) is 11.4. The highest BCUT2D eigenvalue weighted by molar-refractivity contribution is 5.45. The van der Waals surface area contributed by atoms with E-state index in [4.69, 9.17) is 0 Å². The first-order valence-corrected chi connectivity index (χ1v) is 5.78. The molecule has 16 heavy (non-hydrogen) atoms. The van der Waals surface area contributed by atoms with Crippen molar-refractivity contribution in [1.82, 2.24) is 5.32 Å². The molecule has 1 aromatic rings. The Kier molecular flexibility index (Phi) is 3.15. The lowest BCUT2D eigenvalue weighted by molar-refractivity contribution is 0.450. The molecule has 0 aromatic heterocycles. The molecule has 1 unspecified atom stereocenters. The molecule has 2 nitrogen and oxygen atoms in total. The third-order valence-corrected chi connectivity index (χ3v) is 3.47. The van der Waals surface area contributed by atoms with E-state index in [1.165, 1.54) is 6.07 Å². The number of benzene rings is 1. The minimum Gasteiger partial charge on any atom is -0.507 e. The van der Waals surface area contributed by atoms with Gasteiger partial charge < -0.3 is 10.4 Å². The molecule has 1 saturated heterocycles. The predicted octanol–water partition coefficient (Wildman–Crippen LogP) is 2.30. The van der Waals surface area contributed by atoms with Crippen molar-refractivity contribution in [3.63, 3.8) is 0 Å². The molecule has 3 heteroatoms. The Balaban J connectivity index is 2.31. The Labute approximate surface area is 95.5 Å². The van der Waals surface area contributed by atoms with Gasteiger partial charge >= 0.3 is 0 Å². The minimum absolute atomic E-state index is 0.212. The minimum atomic E-state index is -0.212. The van der Waals surface area contributed by atoms with Gasteiger partial charge in [0.25, 0.3) is 0 Å². The summed E-state index contributed by atoms with van der Waals surface area (Å²) in [6.45, 7) is 5.48. The zero-order valence-electron chi connectivity index (χ0n) is 9.81. The number of hydrogen-bond donors (Lipinski definition) is 2. The summed E-state index contributed by atoms with van der Waals surface area (Å²) in [4.78, 5) is 0. The van der Waals surface area contributed by atoms with Crippen molar-refractivity contribution in [2.24, 2.45) is 5.92 Å². The van der Waals surface area contributed by atoms with Crippen LogP contribution in [0.2, 0.25) is 0 Å². The number of nitrogens with one attached hydrogen (secondary N) is 1. The van der Waals surface area contributed by atoms with E-state index >= 15 is 0 Å². The lowest BCUT2D eigenvalue weighted by atomic mass is 9.93. The average molecular weight is 223 g/mol. The Bertz CT molecular complexity index is 371. The zero-order chi connectivity index (χ0) is 11.7. The topological polar surface area (TPSA) is 32.3 Å². The maximum absolute atomic E-state index is 13.6. The van der Waals surface area contributed by atoms with Crippen LogP contribution in [-0.2, 0) is 6.42 Å². The van der Waals surface area contributed by atoms with Gasteiger partial charge in [-0.05, 0) is 62.9 Å². The number of phenolic OH excluding ortho intramolecular Hbond substituents is 1. The molecule has 0 saturated carbocycles. The first-order valence-electron chi connectivity index (χ1n) is 5.78. The maximum atomic E-state index is 13.6. The number of halogens is 1. The van der Waals surface area contributed by atoms with Crippen LogP contribution in [0.5, 0.6) is 5.75 Å². The Morgan fingerprint density at radius 3 is 2.88 bits per heavy atom. The van der Waals surface area contributed by atoms with Crippen LogP contribution in [0, 0.1) is 25.6 Å². The lowest BCUT2D eigenvalue weighted by Gasteiger charge is -2.15. The average Bonchev–Trinajstić information content (AvgIpc) is 2.74. The van der Waals surface area contributed by atoms with E-state index in [1.54, 1.807) is 13.8 Å². The highest BCUT2D eigenvalue weighted by Crippen LogP contribution is 2.30. The quantitative estimate of drug-likeness (QED) is 0.806. The summed E-state index contributed by atoms with van der Waals surface area (Å²) < 4.78 is 13.6. The molecule has 0 bridgehead atoms. The van der Waals surface area contributed by atoms with E-state index in [9.17, 15) is 9.50 Å². The molecule has 1 atom stereocenters. The highest BCUT2D eigenvalue weighted by atomic mass is 19.1. The van der Waals surface area contributed by atoms with Gasteiger partial charge in [0, 0.05) is 5.56 Å². The number of rotatable bonds is 2. The third-order valence-electron chi connectivity index (χ3n) is 3.47. The summed E-state index contributed by atoms with van der Waals surface area (Å²) in [5.74, 6) is 0.577. The van der Waals surface area contributed by atoms with E-state index in [2.05, 4.69) is 5.32 Å². The molecule has 2 rings (SSSR count). The van der Waals surface area contributed by atoms with Crippen molar-refractivity contribution in [3.05, 3.63) is 28.6 Å². The summed E-state index contributed by atoms with van der Waals surface area (Å²) in [6, 6.07) is 1.40. The van der Waals surface area contributed by atoms with Crippen molar-refractivity contribution in [3.8, 4) is 5.75 Å². The summed E-state index contributed by atoms with van der Waals surface area (Å²) in [7, 11) is 0. The molecular weight excluding hydrogens is 205 g/mol. The van der Waals surface area contributed by atoms with Crippen molar-refractivity contribution in [2.75, 3.05) is 13.1 Å². The monoisotopic (exact) mass is 223 g/mol. The molecular formula is C13H18FNO. The van der Waals surface area contributed by atoms with E-state index in [1.807, 2.05) is 0 Å². The second-order valence-electron chi connectivity index (χ2n) is 4.69. The van der Waals surface area contributed by atoms with Crippen LogP contribution in [0.4, 0.5) is 4.39 Å². The smallest absolute Gasteiger partial charge is 0.126 e. The van der Waals surface area contributed by atoms with E-state index in [-0.39, 0.29) is 11.6 Å². The molecule has 0 amide bonds. The third kappa shape index (κ3) is 2.05. The molecule has 1 aliphatic heterocycles. The van der Waals surface area contributed by atoms with E-state index < -0.39 is 0 Å². The predicted molar refractivity (Wildman–Crippen MR) is 62.2 cm³/mol. The van der Waals surface area contributed by atoms with Gasteiger partial charge in [0.15, 0.2) is 0 Å². The largest absolute Gasteiger partial charge is 0.507 e. The molecule has 88 valence electrons. The van der Waals surface area contributed by atoms with Gasteiger partial charge in [-0.25, -0.2) is 4.39 Å². The van der Waals surface area contributed by atoms with Gasteiger partial charge in [-0.3, -0.25) is 0 Å². The SMILES string of the molecule is Cc1cc(F)c(C)c(CC2CCNC2)c1O. The van der Waals surface area contributed by atoms with Crippen molar-refractivity contribution in [2.45, 2.75) is 26.7 Å². The molecule has 1 aliphatic rings. The standard InChI is InChI=1S/C13H18FNO/c1-8-5-12(14)9(2)11(13(8)16)6-10-3-4-15-7-10/h5,10,15-16H,3-4,6-7H2,1-2H3. The van der Waals surface area contributed by atoms with Crippen molar-refractivity contribution >= 4 is 0 Å². The van der Waals surface area contributed by atoms with Crippen LogP contribution >= 0.6 is 0 Å². The molecule has 1 heterocycles. The van der Waals surface area contributed by atoms with Crippen LogP contribution in [0.15, 0.2) is 6.07 Å². The number of aryl methyl sites for hydroxylation is 1.